The zero-order chi connectivity index (χ0) is 16.7. The number of hydrogen-bond acceptors (Lipinski definition) is 5. The van der Waals surface area contributed by atoms with Gasteiger partial charge in [-0.15, -0.1) is 5.10 Å². The average molecular weight is 319 g/mol. The van der Waals surface area contributed by atoms with Gasteiger partial charge in [-0.05, 0) is 18.2 Å². The van der Waals surface area contributed by atoms with Crippen molar-refractivity contribution in [2.75, 3.05) is 0 Å². The molecule has 0 aliphatic heterocycles. The van der Waals surface area contributed by atoms with E-state index in [2.05, 4.69) is 26.5 Å². The van der Waals surface area contributed by atoms with Gasteiger partial charge in [-0.25, -0.2) is 9.50 Å². The molecule has 0 amide bonds. The molecule has 4 aromatic rings. The minimum atomic E-state index is -0.561. The van der Waals surface area contributed by atoms with Crippen LogP contribution in [-0.4, -0.2) is 29.6 Å². The SMILES string of the molecule is Cn1cc(-c2cc(-c3ccc(F)nc3)c3c(C#N)cnn3c2)nn1. The molecule has 0 saturated carbocycles. The quantitative estimate of drug-likeness (QED) is 0.529. The van der Waals surface area contributed by atoms with E-state index in [-0.39, 0.29) is 0 Å². The topological polar surface area (TPSA) is 84.7 Å². The third-order valence-corrected chi connectivity index (χ3v) is 3.67. The minimum absolute atomic E-state index is 0.431. The van der Waals surface area contributed by atoms with E-state index in [0.717, 1.165) is 11.1 Å². The van der Waals surface area contributed by atoms with Crippen molar-refractivity contribution < 1.29 is 4.39 Å². The molecule has 0 aromatic carbocycles. The first-order valence-corrected chi connectivity index (χ1v) is 7.06. The van der Waals surface area contributed by atoms with E-state index >= 15 is 0 Å². The van der Waals surface area contributed by atoms with Crippen molar-refractivity contribution in [1.29, 1.82) is 5.26 Å². The molecule has 0 spiro atoms. The fourth-order valence-electron chi connectivity index (χ4n) is 2.58. The summed E-state index contributed by atoms with van der Waals surface area (Å²) < 4.78 is 16.4. The maximum Gasteiger partial charge on any atom is 0.212 e. The first-order valence-electron chi connectivity index (χ1n) is 7.06. The monoisotopic (exact) mass is 319 g/mol. The van der Waals surface area contributed by atoms with Crippen molar-refractivity contribution in [3.63, 3.8) is 0 Å². The second kappa shape index (κ2) is 5.24. The van der Waals surface area contributed by atoms with Crippen molar-refractivity contribution in [3.05, 3.63) is 54.5 Å². The van der Waals surface area contributed by atoms with Gasteiger partial charge in [0.2, 0.25) is 5.95 Å². The Kier molecular flexibility index (Phi) is 3.06. The van der Waals surface area contributed by atoms with E-state index < -0.39 is 5.95 Å². The summed E-state index contributed by atoms with van der Waals surface area (Å²) in [5.41, 5.74) is 3.93. The van der Waals surface area contributed by atoms with Gasteiger partial charge in [-0.3, -0.25) is 4.68 Å². The van der Waals surface area contributed by atoms with Crippen LogP contribution in [0.3, 0.4) is 0 Å². The molecule has 0 bridgehead atoms. The van der Waals surface area contributed by atoms with Crippen LogP contribution < -0.4 is 0 Å². The average Bonchev–Trinajstić information content (AvgIpc) is 3.20. The number of aryl methyl sites for hydroxylation is 1. The highest BCUT2D eigenvalue weighted by molar-refractivity contribution is 5.86. The molecule has 8 heteroatoms. The number of rotatable bonds is 2. The van der Waals surface area contributed by atoms with Crippen LogP contribution in [0.1, 0.15) is 5.56 Å². The smallest absolute Gasteiger partial charge is 0.212 e. The summed E-state index contributed by atoms with van der Waals surface area (Å²) >= 11 is 0. The molecule has 24 heavy (non-hydrogen) atoms. The zero-order valence-electron chi connectivity index (χ0n) is 12.5. The second-order valence-electron chi connectivity index (χ2n) is 5.25. The molecule has 7 nitrogen and oxygen atoms in total. The summed E-state index contributed by atoms with van der Waals surface area (Å²) in [6.45, 7) is 0. The van der Waals surface area contributed by atoms with E-state index in [4.69, 9.17) is 0 Å². The Morgan fingerprint density at radius 2 is 2.04 bits per heavy atom. The largest absolute Gasteiger partial charge is 0.255 e. The van der Waals surface area contributed by atoms with Gasteiger partial charge in [0, 0.05) is 36.1 Å². The highest BCUT2D eigenvalue weighted by atomic mass is 19.1. The molecule has 0 atom stereocenters. The third-order valence-electron chi connectivity index (χ3n) is 3.67. The Morgan fingerprint density at radius 1 is 1.17 bits per heavy atom. The fourth-order valence-corrected chi connectivity index (χ4v) is 2.58. The van der Waals surface area contributed by atoms with Gasteiger partial charge in [-0.2, -0.15) is 14.8 Å². The summed E-state index contributed by atoms with van der Waals surface area (Å²) in [4.78, 5) is 3.70. The van der Waals surface area contributed by atoms with E-state index in [9.17, 15) is 9.65 Å². The van der Waals surface area contributed by atoms with Gasteiger partial charge in [0.05, 0.1) is 23.5 Å². The molecule has 0 fully saturated rings. The van der Waals surface area contributed by atoms with Crippen LogP contribution >= 0.6 is 0 Å². The van der Waals surface area contributed by atoms with Gasteiger partial charge >= 0.3 is 0 Å². The molecule has 4 aromatic heterocycles. The van der Waals surface area contributed by atoms with Crippen molar-refractivity contribution in [3.8, 4) is 28.5 Å². The highest BCUT2D eigenvalue weighted by Gasteiger charge is 2.15. The van der Waals surface area contributed by atoms with E-state index in [1.54, 1.807) is 34.7 Å². The molecule has 0 saturated heterocycles. The van der Waals surface area contributed by atoms with Crippen molar-refractivity contribution in [1.82, 2.24) is 29.6 Å². The number of nitrogens with zero attached hydrogens (tertiary/aromatic N) is 7. The van der Waals surface area contributed by atoms with Crippen LogP contribution in [-0.2, 0) is 7.05 Å². The van der Waals surface area contributed by atoms with E-state index in [1.165, 1.54) is 18.5 Å². The predicted molar refractivity (Wildman–Crippen MR) is 83.1 cm³/mol. The predicted octanol–water partition coefficient (Wildman–Crippen LogP) is 2.20. The Bertz CT molecular complexity index is 1090. The van der Waals surface area contributed by atoms with Crippen molar-refractivity contribution >= 4 is 5.52 Å². The van der Waals surface area contributed by atoms with E-state index in [0.29, 0.717) is 22.3 Å². The summed E-state index contributed by atoms with van der Waals surface area (Å²) in [5, 5.41) is 21.6. The van der Waals surface area contributed by atoms with Gasteiger partial charge < -0.3 is 0 Å². The van der Waals surface area contributed by atoms with Crippen molar-refractivity contribution in [2.45, 2.75) is 0 Å². The zero-order valence-corrected chi connectivity index (χ0v) is 12.5. The Hall–Kier alpha value is -3.60. The molecule has 4 rings (SSSR count). The lowest BCUT2D eigenvalue weighted by atomic mass is 10.0. The Labute approximate surface area is 135 Å². The highest BCUT2D eigenvalue weighted by Crippen LogP contribution is 2.30. The van der Waals surface area contributed by atoms with Crippen LogP contribution in [0, 0.1) is 17.3 Å². The lowest BCUT2D eigenvalue weighted by Gasteiger charge is -2.07. The molecular formula is C16H10FN7. The molecule has 0 aliphatic carbocycles. The molecule has 0 unspecified atom stereocenters. The summed E-state index contributed by atoms with van der Waals surface area (Å²) in [6.07, 6.45) is 6.48. The number of aromatic nitrogens is 6. The van der Waals surface area contributed by atoms with Crippen LogP contribution in [0.25, 0.3) is 27.9 Å². The number of halogens is 1. The van der Waals surface area contributed by atoms with Gasteiger partial charge in [-0.1, -0.05) is 5.21 Å². The third kappa shape index (κ3) is 2.19. The second-order valence-corrected chi connectivity index (χ2v) is 5.25. The Balaban J connectivity index is 2.02. The normalized spacial score (nSPS) is 10.9. The van der Waals surface area contributed by atoms with Crippen LogP contribution in [0.15, 0.2) is 43.0 Å². The van der Waals surface area contributed by atoms with Crippen molar-refractivity contribution in [2.24, 2.45) is 7.05 Å². The molecule has 0 N–H and O–H groups in total. The minimum Gasteiger partial charge on any atom is -0.255 e. The molecular weight excluding hydrogens is 309 g/mol. The van der Waals surface area contributed by atoms with E-state index in [1.807, 2.05) is 6.07 Å². The lowest BCUT2D eigenvalue weighted by molar-refractivity contribution is 0.584. The molecule has 0 radical (unpaired) electrons. The number of fused-ring (bicyclic) bond motifs is 1. The van der Waals surface area contributed by atoms with Gasteiger partial charge in [0.25, 0.3) is 0 Å². The maximum absolute atomic E-state index is 13.1. The van der Waals surface area contributed by atoms with Crippen LogP contribution in [0.4, 0.5) is 4.39 Å². The summed E-state index contributed by atoms with van der Waals surface area (Å²) in [5.74, 6) is -0.561. The number of nitriles is 1. The molecule has 4 heterocycles. The summed E-state index contributed by atoms with van der Waals surface area (Å²) in [6, 6.07) is 6.90. The Morgan fingerprint density at radius 3 is 2.71 bits per heavy atom. The van der Waals surface area contributed by atoms with Gasteiger partial charge in [0.1, 0.15) is 11.8 Å². The molecule has 116 valence electrons. The standard InChI is InChI=1S/C16H10FN7/c1-23-9-14(21-22-23)11-4-13(10-2-3-15(17)19-6-10)16-12(5-18)7-20-24(16)8-11/h2-4,6-9H,1H3. The fraction of sp³-hybridized carbons (Fsp3) is 0.0625. The summed E-state index contributed by atoms with van der Waals surface area (Å²) in [7, 11) is 1.78. The van der Waals surface area contributed by atoms with Crippen LogP contribution in [0.5, 0.6) is 0 Å². The van der Waals surface area contributed by atoms with Crippen LogP contribution in [0.2, 0.25) is 0 Å². The first kappa shape index (κ1) is 14.0. The first-order chi connectivity index (χ1) is 11.7. The maximum atomic E-state index is 13.1. The van der Waals surface area contributed by atoms with Gasteiger partial charge in [0.15, 0.2) is 0 Å². The lowest BCUT2D eigenvalue weighted by Crippen LogP contribution is -1.94. The number of pyridine rings is 2. The number of hydrogen-bond donors (Lipinski definition) is 0. The molecule has 0 aliphatic rings.